The molecule has 0 unspecified atom stereocenters. The molecular weight excluding hydrogens is 242 g/mol. The molecule has 0 aliphatic heterocycles. The molecule has 4 heteroatoms. The van der Waals surface area contributed by atoms with Gasteiger partial charge in [-0.2, -0.15) is 0 Å². The van der Waals surface area contributed by atoms with E-state index in [4.69, 9.17) is 4.74 Å². The first-order chi connectivity index (χ1) is 9.25. The zero-order valence-electron chi connectivity index (χ0n) is 10.4. The number of phenolic OH excluding ortho intramolecular Hbond substituents is 1. The second-order valence-corrected chi connectivity index (χ2v) is 4.04. The molecule has 0 bridgehead atoms. The standard InChI is InChI=1S/C15H15NO3/c17-14-9-5-4-6-12(14)10-19-11-15(18)16-13-7-2-1-3-8-13/h1-9,17H,10-11H2,(H,16,18). The minimum Gasteiger partial charge on any atom is -0.508 e. The number of hydrogen-bond donors (Lipinski definition) is 2. The summed E-state index contributed by atoms with van der Waals surface area (Å²) in [5.41, 5.74) is 1.40. The second kappa shape index (κ2) is 6.56. The first kappa shape index (κ1) is 13.1. The zero-order chi connectivity index (χ0) is 13.5. The van der Waals surface area contributed by atoms with Crippen LogP contribution in [0.2, 0.25) is 0 Å². The van der Waals surface area contributed by atoms with Crippen LogP contribution in [0.3, 0.4) is 0 Å². The predicted octanol–water partition coefficient (Wildman–Crippen LogP) is 2.55. The number of carbonyl (C=O) groups excluding carboxylic acids is 1. The number of hydrogen-bond acceptors (Lipinski definition) is 3. The zero-order valence-corrected chi connectivity index (χ0v) is 10.4. The molecule has 0 atom stereocenters. The Hall–Kier alpha value is -2.33. The number of anilines is 1. The fraction of sp³-hybridized carbons (Fsp3) is 0.133. The highest BCUT2D eigenvalue weighted by molar-refractivity contribution is 5.91. The Labute approximate surface area is 111 Å². The van der Waals surface area contributed by atoms with Crippen LogP contribution in [0.25, 0.3) is 0 Å². The van der Waals surface area contributed by atoms with E-state index in [9.17, 15) is 9.90 Å². The van der Waals surface area contributed by atoms with E-state index in [-0.39, 0.29) is 24.9 Å². The highest BCUT2D eigenvalue weighted by Gasteiger charge is 2.04. The van der Waals surface area contributed by atoms with Gasteiger partial charge in [-0.1, -0.05) is 36.4 Å². The third-order valence-electron chi connectivity index (χ3n) is 2.54. The Morgan fingerprint density at radius 3 is 2.47 bits per heavy atom. The van der Waals surface area contributed by atoms with E-state index in [1.54, 1.807) is 30.3 Å². The molecule has 2 N–H and O–H groups in total. The Bertz CT molecular complexity index is 540. The lowest BCUT2D eigenvalue weighted by molar-refractivity contribution is -0.121. The Balaban J connectivity index is 1.77. The highest BCUT2D eigenvalue weighted by atomic mass is 16.5. The molecule has 0 aliphatic rings. The monoisotopic (exact) mass is 257 g/mol. The van der Waals surface area contributed by atoms with Gasteiger partial charge in [-0.3, -0.25) is 4.79 Å². The van der Waals surface area contributed by atoms with E-state index >= 15 is 0 Å². The largest absolute Gasteiger partial charge is 0.508 e. The van der Waals surface area contributed by atoms with E-state index in [1.165, 1.54) is 0 Å². The average Bonchev–Trinajstić information content (AvgIpc) is 2.42. The van der Waals surface area contributed by atoms with Crippen LogP contribution in [0.4, 0.5) is 5.69 Å². The van der Waals surface area contributed by atoms with Crippen molar-refractivity contribution in [1.29, 1.82) is 0 Å². The van der Waals surface area contributed by atoms with Crippen molar-refractivity contribution >= 4 is 11.6 Å². The number of ether oxygens (including phenoxy) is 1. The van der Waals surface area contributed by atoms with Crippen molar-refractivity contribution in [2.24, 2.45) is 0 Å². The van der Waals surface area contributed by atoms with E-state index in [1.807, 2.05) is 24.3 Å². The summed E-state index contributed by atoms with van der Waals surface area (Å²) in [6.45, 7) is 0.151. The van der Waals surface area contributed by atoms with Gasteiger partial charge in [-0.25, -0.2) is 0 Å². The molecule has 0 aliphatic carbocycles. The lowest BCUT2D eigenvalue weighted by Gasteiger charge is -2.07. The van der Waals surface area contributed by atoms with Crippen LogP contribution >= 0.6 is 0 Å². The summed E-state index contributed by atoms with van der Waals surface area (Å²) in [7, 11) is 0. The maximum Gasteiger partial charge on any atom is 0.250 e. The van der Waals surface area contributed by atoms with Gasteiger partial charge < -0.3 is 15.2 Å². The summed E-state index contributed by atoms with van der Waals surface area (Å²) in [5.74, 6) is -0.0485. The second-order valence-electron chi connectivity index (χ2n) is 4.04. The Kier molecular flexibility index (Phi) is 4.53. The SMILES string of the molecule is O=C(COCc1ccccc1O)Nc1ccccc1. The summed E-state index contributed by atoms with van der Waals surface area (Å²) in [6, 6.07) is 16.1. The van der Waals surface area contributed by atoms with Gasteiger partial charge in [-0.15, -0.1) is 0 Å². The van der Waals surface area contributed by atoms with Crippen LogP contribution in [-0.2, 0) is 16.1 Å². The van der Waals surface area contributed by atoms with Crippen molar-refractivity contribution in [3.8, 4) is 5.75 Å². The predicted molar refractivity (Wildman–Crippen MR) is 72.8 cm³/mol. The molecular formula is C15H15NO3. The lowest BCUT2D eigenvalue weighted by Crippen LogP contribution is -2.18. The first-order valence-electron chi connectivity index (χ1n) is 5.95. The van der Waals surface area contributed by atoms with Gasteiger partial charge in [0.05, 0.1) is 6.61 Å². The van der Waals surface area contributed by atoms with Crippen molar-refractivity contribution in [2.75, 3.05) is 11.9 Å². The summed E-state index contributed by atoms with van der Waals surface area (Å²) in [4.78, 5) is 11.6. The van der Waals surface area contributed by atoms with Gasteiger partial charge in [-0.05, 0) is 18.2 Å². The molecule has 2 aromatic rings. The van der Waals surface area contributed by atoms with Crippen molar-refractivity contribution < 1.29 is 14.6 Å². The van der Waals surface area contributed by atoms with E-state index in [0.29, 0.717) is 5.56 Å². The van der Waals surface area contributed by atoms with Gasteiger partial charge in [0.1, 0.15) is 12.4 Å². The van der Waals surface area contributed by atoms with Crippen molar-refractivity contribution in [1.82, 2.24) is 0 Å². The quantitative estimate of drug-likeness (QED) is 0.865. The van der Waals surface area contributed by atoms with Crippen LogP contribution in [0, 0.1) is 0 Å². The molecule has 0 fully saturated rings. The number of amides is 1. The number of phenols is 1. The molecule has 19 heavy (non-hydrogen) atoms. The molecule has 2 aromatic carbocycles. The Morgan fingerprint density at radius 1 is 1.05 bits per heavy atom. The molecule has 0 radical (unpaired) electrons. The first-order valence-corrected chi connectivity index (χ1v) is 5.95. The molecule has 0 spiro atoms. The summed E-state index contributed by atoms with van der Waals surface area (Å²) < 4.78 is 5.26. The molecule has 0 saturated carbocycles. The maximum atomic E-state index is 11.6. The van der Waals surface area contributed by atoms with Crippen LogP contribution in [0.5, 0.6) is 5.75 Å². The molecule has 0 aromatic heterocycles. The summed E-state index contributed by atoms with van der Waals surface area (Å²) in [6.07, 6.45) is 0. The lowest BCUT2D eigenvalue weighted by atomic mass is 10.2. The normalized spacial score (nSPS) is 10.1. The van der Waals surface area contributed by atoms with Crippen LogP contribution < -0.4 is 5.32 Å². The fourth-order valence-corrected chi connectivity index (χ4v) is 1.61. The maximum absolute atomic E-state index is 11.6. The van der Waals surface area contributed by atoms with Crippen LogP contribution in [0.15, 0.2) is 54.6 Å². The van der Waals surface area contributed by atoms with Crippen LogP contribution in [-0.4, -0.2) is 17.6 Å². The van der Waals surface area contributed by atoms with Gasteiger partial charge in [0.25, 0.3) is 0 Å². The van der Waals surface area contributed by atoms with E-state index in [2.05, 4.69) is 5.32 Å². The third kappa shape index (κ3) is 4.12. The van der Waals surface area contributed by atoms with Crippen molar-refractivity contribution in [3.63, 3.8) is 0 Å². The average molecular weight is 257 g/mol. The Morgan fingerprint density at radius 2 is 1.74 bits per heavy atom. The third-order valence-corrected chi connectivity index (χ3v) is 2.54. The van der Waals surface area contributed by atoms with Gasteiger partial charge in [0, 0.05) is 11.3 Å². The van der Waals surface area contributed by atoms with E-state index < -0.39 is 0 Å². The van der Waals surface area contributed by atoms with Crippen LogP contribution in [0.1, 0.15) is 5.56 Å². The molecule has 98 valence electrons. The molecule has 4 nitrogen and oxygen atoms in total. The fourth-order valence-electron chi connectivity index (χ4n) is 1.61. The molecule has 2 rings (SSSR count). The number of nitrogens with one attached hydrogen (secondary N) is 1. The number of para-hydroxylation sites is 2. The number of rotatable bonds is 5. The number of benzene rings is 2. The van der Waals surface area contributed by atoms with Crippen molar-refractivity contribution in [2.45, 2.75) is 6.61 Å². The molecule has 1 amide bonds. The smallest absolute Gasteiger partial charge is 0.250 e. The molecule has 0 saturated heterocycles. The minimum absolute atomic E-state index is 0.0524. The minimum atomic E-state index is -0.221. The topological polar surface area (TPSA) is 58.6 Å². The summed E-state index contributed by atoms with van der Waals surface area (Å²) >= 11 is 0. The van der Waals surface area contributed by atoms with E-state index in [0.717, 1.165) is 5.69 Å². The summed E-state index contributed by atoms with van der Waals surface area (Å²) in [5, 5.41) is 12.2. The molecule has 0 heterocycles. The number of carbonyl (C=O) groups is 1. The number of aromatic hydroxyl groups is 1. The van der Waals surface area contributed by atoms with Gasteiger partial charge in [0.15, 0.2) is 0 Å². The highest BCUT2D eigenvalue weighted by Crippen LogP contribution is 2.16. The van der Waals surface area contributed by atoms with Gasteiger partial charge >= 0.3 is 0 Å². The van der Waals surface area contributed by atoms with Crippen molar-refractivity contribution in [3.05, 3.63) is 60.2 Å². The van der Waals surface area contributed by atoms with Gasteiger partial charge in [0.2, 0.25) is 5.91 Å².